The van der Waals surface area contributed by atoms with Crippen molar-refractivity contribution in [2.24, 2.45) is 0 Å². The van der Waals surface area contributed by atoms with Crippen molar-refractivity contribution in [3.8, 4) is 5.69 Å². The Kier molecular flexibility index (Phi) is 4.74. The SMILES string of the molecule is CC(c1ccncc1)N(C)C(=O)Nc1cnn(-c2ccccc2F)c1. The first-order valence-electron chi connectivity index (χ1n) is 7.79. The summed E-state index contributed by atoms with van der Waals surface area (Å²) < 4.78 is 15.2. The second-order valence-electron chi connectivity index (χ2n) is 5.62. The number of carbonyl (C=O) groups is 1. The van der Waals surface area contributed by atoms with Crippen LogP contribution in [0.25, 0.3) is 5.69 Å². The Morgan fingerprint density at radius 3 is 2.68 bits per heavy atom. The Morgan fingerprint density at radius 1 is 1.24 bits per heavy atom. The summed E-state index contributed by atoms with van der Waals surface area (Å²) in [6, 6.07) is 9.64. The second kappa shape index (κ2) is 7.12. The average molecular weight is 339 g/mol. The lowest BCUT2D eigenvalue weighted by Crippen LogP contribution is -2.33. The van der Waals surface area contributed by atoms with E-state index in [2.05, 4.69) is 15.4 Å². The number of anilines is 1. The predicted octanol–water partition coefficient (Wildman–Crippen LogP) is 3.63. The largest absolute Gasteiger partial charge is 0.322 e. The molecule has 0 saturated heterocycles. The summed E-state index contributed by atoms with van der Waals surface area (Å²) in [5.74, 6) is -0.382. The van der Waals surface area contributed by atoms with Crippen molar-refractivity contribution in [1.82, 2.24) is 19.7 Å². The van der Waals surface area contributed by atoms with E-state index < -0.39 is 0 Å². The Bertz CT molecular complexity index is 865. The number of hydrogen-bond acceptors (Lipinski definition) is 3. The minimum atomic E-state index is -0.382. The molecule has 2 amide bonds. The van der Waals surface area contributed by atoms with E-state index in [9.17, 15) is 9.18 Å². The van der Waals surface area contributed by atoms with Gasteiger partial charge in [0.05, 0.1) is 24.1 Å². The van der Waals surface area contributed by atoms with Crippen LogP contribution in [0, 0.1) is 5.82 Å². The van der Waals surface area contributed by atoms with Crippen LogP contribution in [0.1, 0.15) is 18.5 Å². The van der Waals surface area contributed by atoms with E-state index in [1.807, 2.05) is 19.1 Å². The molecular weight excluding hydrogens is 321 g/mol. The molecule has 7 heteroatoms. The molecule has 0 aliphatic rings. The smallest absolute Gasteiger partial charge is 0.321 e. The Balaban J connectivity index is 1.70. The zero-order valence-corrected chi connectivity index (χ0v) is 13.9. The molecule has 25 heavy (non-hydrogen) atoms. The first-order chi connectivity index (χ1) is 12.1. The van der Waals surface area contributed by atoms with Gasteiger partial charge < -0.3 is 10.2 Å². The molecule has 0 spiro atoms. The molecule has 6 nitrogen and oxygen atoms in total. The van der Waals surface area contributed by atoms with Gasteiger partial charge in [-0.3, -0.25) is 4.98 Å². The molecule has 128 valence electrons. The van der Waals surface area contributed by atoms with Crippen LogP contribution in [-0.4, -0.2) is 32.7 Å². The number of hydrogen-bond donors (Lipinski definition) is 1. The van der Waals surface area contributed by atoms with Crippen LogP contribution in [0.15, 0.2) is 61.2 Å². The van der Waals surface area contributed by atoms with E-state index in [-0.39, 0.29) is 17.9 Å². The Morgan fingerprint density at radius 2 is 1.96 bits per heavy atom. The van der Waals surface area contributed by atoms with E-state index >= 15 is 0 Å². The molecule has 3 aromatic rings. The lowest BCUT2D eigenvalue weighted by molar-refractivity contribution is 0.208. The highest BCUT2D eigenvalue weighted by molar-refractivity contribution is 5.89. The van der Waals surface area contributed by atoms with E-state index in [1.54, 1.807) is 48.7 Å². The van der Waals surface area contributed by atoms with Gasteiger partial charge in [0.2, 0.25) is 0 Å². The maximum absolute atomic E-state index is 13.8. The number of pyridine rings is 1. The quantitative estimate of drug-likeness (QED) is 0.789. The third-order valence-corrected chi connectivity index (χ3v) is 4.02. The van der Waals surface area contributed by atoms with Gasteiger partial charge in [-0.25, -0.2) is 13.9 Å². The molecule has 1 N–H and O–H groups in total. The van der Waals surface area contributed by atoms with Gasteiger partial charge in [0.25, 0.3) is 0 Å². The third kappa shape index (κ3) is 3.65. The summed E-state index contributed by atoms with van der Waals surface area (Å²) in [6.07, 6.45) is 6.43. The monoisotopic (exact) mass is 339 g/mol. The van der Waals surface area contributed by atoms with Crippen LogP contribution in [-0.2, 0) is 0 Å². The van der Waals surface area contributed by atoms with Gasteiger partial charge in [0, 0.05) is 19.4 Å². The summed E-state index contributed by atoms with van der Waals surface area (Å²) in [5, 5.41) is 6.87. The highest BCUT2D eigenvalue weighted by Gasteiger charge is 2.18. The second-order valence-corrected chi connectivity index (χ2v) is 5.62. The van der Waals surface area contributed by atoms with Crippen LogP contribution in [0.2, 0.25) is 0 Å². The first kappa shape index (κ1) is 16.6. The standard InChI is InChI=1S/C18H18FN5O/c1-13(14-7-9-20-10-8-14)23(2)18(25)22-15-11-21-24(12-15)17-6-4-3-5-16(17)19/h3-13H,1-2H3,(H,22,25). The topological polar surface area (TPSA) is 63.1 Å². The van der Waals surface area contributed by atoms with Gasteiger partial charge in [0.1, 0.15) is 11.5 Å². The average Bonchev–Trinajstić information content (AvgIpc) is 3.09. The molecule has 3 rings (SSSR count). The number of para-hydroxylation sites is 1. The maximum atomic E-state index is 13.8. The number of rotatable bonds is 4. The summed E-state index contributed by atoms with van der Waals surface area (Å²) in [7, 11) is 1.71. The van der Waals surface area contributed by atoms with Gasteiger partial charge >= 0.3 is 6.03 Å². The van der Waals surface area contributed by atoms with Gasteiger partial charge in [-0.2, -0.15) is 5.10 Å². The molecule has 0 fully saturated rings. The van der Waals surface area contributed by atoms with Crippen LogP contribution >= 0.6 is 0 Å². The maximum Gasteiger partial charge on any atom is 0.322 e. The van der Waals surface area contributed by atoms with Crippen molar-refractivity contribution < 1.29 is 9.18 Å². The minimum absolute atomic E-state index is 0.121. The van der Waals surface area contributed by atoms with Crippen molar-refractivity contribution in [3.05, 3.63) is 72.6 Å². The fourth-order valence-corrected chi connectivity index (χ4v) is 2.41. The molecule has 0 saturated carbocycles. The van der Waals surface area contributed by atoms with E-state index in [4.69, 9.17) is 0 Å². The van der Waals surface area contributed by atoms with Crippen molar-refractivity contribution in [1.29, 1.82) is 0 Å². The van der Waals surface area contributed by atoms with Gasteiger partial charge in [0.15, 0.2) is 0 Å². The number of benzene rings is 1. The zero-order valence-electron chi connectivity index (χ0n) is 13.9. The van der Waals surface area contributed by atoms with Crippen molar-refractivity contribution in [2.75, 3.05) is 12.4 Å². The molecule has 2 heterocycles. The number of aromatic nitrogens is 3. The molecule has 1 aromatic carbocycles. The number of carbonyl (C=O) groups excluding carboxylic acids is 1. The normalized spacial score (nSPS) is 11.8. The fourth-order valence-electron chi connectivity index (χ4n) is 2.41. The Hall–Kier alpha value is -3.22. The highest BCUT2D eigenvalue weighted by atomic mass is 19.1. The summed E-state index contributed by atoms with van der Waals surface area (Å²) in [5.41, 5.74) is 1.79. The van der Waals surface area contributed by atoms with Crippen LogP contribution in [0.3, 0.4) is 0 Å². The molecule has 1 unspecified atom stereocenters. The van der Waals surface area contributed by atoms with Gasteiger partial charge in [-0.15, -0.1) is 0 Å². The summed E-state index contributed by atoms with van der Waals surface area (Å²) >= 11 is 0. The van der Waals surface area contributed by atoms with Crippen LogP contribution < -0.4 is 5.32 Å². The molecule has 1 atom stereocenters. The van der Waals surface area contributed by atoms with Crippen LogP contribution in [0.5, 0.6) is 0 Å². The lowest BCUT2D eigenvalue weighted by atomic mass is 10.1. The molecule has 0 aliphatic heterocycles. The molecule has 2 aromatic heterocycles. The third-order valence-electron chi connectivity index (χ3n) is 4.02. The van der Waals surface area contributed by atoms with Crippen molar-refractivity contribution >= 4 is 11.7 Å². The van der Waals surface area contributed by atoms with Crippen molar-refractivity contribution in [2.45, 2.75) is 13.0 Å². The van der Waals surface area contributed by atoms with E-state index in [0.717, 1.165) is 5.56 Å². The molecule has 0 radical (unpaired) electrons. The first-order valence-corrected chi connectivity index (χ1v) is 7.79. The molecular formula is C18H18FN5O. The summed E-state index contributed by atoms with van der Waals surface area (Å²) in [6.45, 7) is 1.93. The number of nitrogens with one attached hydrogen (secondary N) is 1. The minimum Gasteiger partial charge on any atom is -0.321 e. The van der Waals surface area contributed by atoms with Gasteiger partial charge in [-0.1, -0.05) is 12.1 Å². The lowest BCUT2D eigenvalue weighted by Gasteiger charge is -2.25. The number of urea groups is 1. The number of halogens is 1. The highest BCUT2D eigenvalue weighted by Crippen LogP contribution is 2.19. The number of nitrogens with zero attached hydrogens (tertiary/aromatic N) is 4. The Labute approximate surface area is 144 Å². The van der Waals surface area contributed by atoms with Crippen LogP contribution in [0.4, 0.5) is 14.9 Å². The number of amides is 2. The molecule has 0 bridgehead atoms. The molecule has 0 aliphatic carbocycles. The predicted molar refractivity (Wildman–Crippen MR) is 93.0 cm³/mol. The fraction of sp³-hybridized carbons (Fsp3) is 0.167. The summed E-state index contributed by atoms with van der Waals surface area (Å²) in [4.78, 5) is 18.0. The van der Waals surface area contributed by atoms with E-state index in [0.29, 0.717) is 11.4 Å². The zero-order chi connectivity index (χ0) is 17.8. The van der Waals surface area contributed by atoms with E-state index in [1.165, 1.54) is 16.9 Å². The van der Waals surface area contributed by atoms with Gasteiger partial charge in [-0.05, 0) is 36.8 Å². The van der Waals surface area contributed by atoms with Crippen molar-refractivity contribution in [3.63, 3.8) is 0 Å².